The van der Waals surface area contributed by atoms with E-state index < -0.39 is 0 Å². The van der Waals surface area contributed by atoms with Crippen molar-refractivity contribution in [3.05, 3.63) is 0 Å². The largest absolute Gasteiger partial charge is 2.00 e. The molecule has 0 saturated carbocycles. The fraction of sp³-hybridized carbons (Fsp3) is 0. The van der Waals surface area contributed by atoms with Gasteiger partial charge in [-0.05, 0) is 0 Å². The first-order valence-corrected chi connectivity index (χ1v) is 0.866. The molecule has 0 rings (SSSR count). The molecular formula is H2F2MgOSi. The zero-order chi connectivity index (χ0) is 2.00. The van der Waals surface area contributed by atoms with Gasteiger partial charge in [-0.2, -0.15) is 0 Å². The molecule has 0 N–H and O–H groups in total. The van der Waals surface area contributed by atoms with Crippen molar-refractivity contribution in [2.45, 2.75) is 0 Å². The first kappa shape index (κ1) is 45.1. The quantitative estimate of drug-likeness (QED) is 0.282. The van der Waals surface area contributed by atoms with Gasteiger partial charge in [-0.15, -0.1) is 0 Å². The van der Waals surface area contributed by atoms with Crippen molar-refractivity contribution < 1.29 is 13.9 Å². The van der Waals surface area contributed by atoms with Gasteiger partial charge < -0.3 is 13.9 Å². The number of halogens is 2. The maximum absolute atomic E-state index is 8.28. The molecule has 0 unspecified atom stereocenters. The van der Waals surface area contributed by atoms with Crippen LogP contribution in [0, 0.1) is 0 Å². The summed E-state index contributed by atoms with van der Waals surface area (Å²) in [5.74, 6) is 0. The van der Waals surface area contributed by atoms with Crippen LogP contribution in [0.2, 0.25) is 0 Å². The summed E-state index contributed by atoms with van der Waals surface area (Å²) < 4.78 is 8.28. The monoisotopic (exact) mass is 108 g/mol. The van der Waals surface area contributed by atoms with Crippen LogP contribution in [0.15, 0.2) is 0 Å². The second-order valence-electron chi connectivity index (χ2n) is 0. The Morgan fingerprint density at radius 3 is 1.00 bits per heavy atom. The molecule has 0 aliphatic heterocycles. The van der Waals surface area contributed by atoms with E-state index in [0.29, 0.717) is 10.1 Å². The standard InChI is InChI=1S/2FH.Mg.H2OSi/c;;;1-2/h2*1H;;2H2/q;;+2;/p-2. The molecule has 5 heavy (non-hydrogen) atoms. The van der Waals surface area contributed by atoms with Gasteiger partial charge in [0.15, 0.2) is 0 Å². The Kier molecular flexibility index (Phi) is 1340. The van der Waals surface area contributed by atoms with E-state index >= 15 is 0 Å². The molecule has 0 heterocycles. The summed E-state index contributed by atoms with van der Waals surface area (Å²) in [7, 11) is 0.611. The molecule has 0 bridgehead atoms. The van der Waals surface area contributed by atoms with Crippen molar-refractivity contribution in [1.29, 1.82) is 0 Å². The second kappa shape index (κ2) is 149. The second-order valence-corrected chi connectivity index (χ2v) is 0. The van der Waals surface area contributed by atoms with Crippen molar-refractivity contribution in [2.24, 2.45) is 0 Å². The van der Waals surface area contributed by atoms with Gasteiger partial charge in [0.1, 0.15) is 0 Å². The Morgan fingerprint density at radius 1 is 1.00 bits per heavy atom. The Balaban J connectivity index is -0.00000000167. The molecule has 28 valence electrons. The maximum Gasteiger partial charge on any atom is 2.00 e. The van der Waals surface area contributed by atoms with Gasteiger partial charge in [0.05, 0.1) is 0 Å². The van der Waals surface area contributed by atoms with Gasteiger partial charge >= 0.3 is 23.1 Å². The number of hydrogen-bond donors (Lipinski definition) is 0. The van der Waals surface area contributed by atoms with Gasteiger partial charge in [0.25, 0.3) is 0 Å². The molecule has 0 aromatic carbocycles. The van der Waals surface area contributed by atoms with Gasteiger partial charge in [-0.1, -0.05) is 0 Å². The Hall–Kier alpha value is 0.643. The van der Waals surface area contributed by atoms with E-state index in [4.69, 9.17) is 4.46 Å². The van der Waals surface area contributed by atoms with Crippen molar-refractivity contribution >= 4 is 33.2 Å². The summed E-state index contributed by atoms with van der Waals surface area (Å²) in [6.07, 6.45) is 0. The molecule has 5 heteroatoms. The van der Waals surface area contributed by atoms with Crippen molar-refractivity contribution in [3.63, 3.8) is 0 Å². The zero-order valence-electron chi connectivity index (χ0n) is 2.58. The van der Waals surface area contributed by atoms with Crippen LogP contribution >= 0.6 is 0 Å². The molecule has 0 aromatic heterocycles. The summed E-state index contributed by atoms with van der Waals surface area (Å²) >= 11 is 0. The summed E-state index contributed by atoms with van der Waals surface area (Å²) in [6.45, 7) is 0. The fourth-order valence-corrected chi connectivity index (χ4v) is 0. The SMILES string of the molecule is O=[SiH2].[F-].[F-].[Mg+2]. The van der Waals surface area contributed by atoms with E-state index in [9.17, 15) is 0 Å². The van der Waals surface area contributed by atoms with Crippen LogP contribution < -0.4 is 9.41 Å². The third-order valence-electron chi connectivity index (χ3n) is 0. The molecule has 1 nitrogen and oxygen atoms in total. The average molecular weight is 108 g/mol. The molecule has 0 radical (unpaired) electrons. The van der Waals surface area contributed by atoms with E-state index in [1.54, 1.807) is 0 Å². The molecule has 0 aliphatic carbocycles. The zero-order valence-corrected chi connectivity index (χ0v) is 5.41. The van der Waals surface area contributed by atoms with Crippen molar-refractivity contribution in [3.8, 4) is 0 Å². The van der Waals surface area contributed by atoms with E-state index in [0.717, 1.165) is 0 Å². The molecule has 0 fully saturated rings. The average Bonchev–Trinajstić information content (AvgIpc) is 1.00. The molecule has 0 amide bonds. The molecule has 0 spiro atoms. The van der Waals surface area contributed by atoms with Gasteiger partial charge in [-0.25, -0.2) is 0 Å². The Labute approximate surface area is 47.5 Å². The number of rotatable bonds is 0. The normalized spacial score (nSPS) is 0.800. The first-order valence-electron chi connectivity index (χ1n) is 0.289. The third kappa shape index (κ3) is 78.4. The van der Waals surface area contributed by atoms with E-state index in [1.165, 1.54) is 0 Å². The van der Waals surface area contributed by atoms with Crippen molar-refractivity contribution in [2.75, 3.05) is 0 Å². The van der Waals surface area contributed by atoms with Gasteiger partial charge in [-0.3, -0.25) is 0 Å². The van der Waals surface area contributed by atoms with E-state index in [1.807, 2.05) is 0 Å². The van der Waals surface area contributed by atoms with Crippen LogP contribution in [-0.2, 0) is 4.46 Å². The minimum absolute atomic E-state index is 0. The van der Waals surface area contributed by atoms with Gasteiger partial charge in [0.2, 0.25) is 10.1 Å². The Bertz CT molecular complexity index is 9.61. The number of hydrogen-bond acceptors (Lipinski definition) is 1. The fourth-order valence-electron chi connectivity index (χ4n) is 0. The minimum atomic E-state index is 0. The van der Waals surface area contributed by atoms with Crippen LogP contribution in [-0.4, -0.2) is 33.2 Å². The topological polar surface area (TPSA) is 17.1 Å². The van der Waals surface area contributed by atoms with Crippen LogP contribution in [0.4, 0.5) is 0 Å². The van der Waals surface area contributed by atoms with E-state index in [2.05, 4.69) is 0 Å². The molecule has 0 aliphatic rings. The summed E-state index contributed by atoms with van der Waals surface area (Å²) in [4.78, 5) is 0. The van der Waals surface area contributed by atoms with E-state index in [-0.39, 0.29) is 32.5 Å². The third-order valence-corrected chi connectivity index (χ3v) is 0. The Morgan fingerprint density at radius 2 is 1.00 bits per heavy atom. The van der Waals surface area contributed by atoms with Crippen LogP contribution in [0.25, 0.3) is 0 Å². The van der Waals surface area contributed by atoms with Gasteiger partial charge in [0, 0.05) is 0 Å². The summed E-state index contributed by atoms with van der Waals surface area (Å²) in [5.41, 5.74) is 0. The minimum Gasteiger partial charge on any atom is -1.00 e. The van der Waals surface area contributed by atoms with Crippen LogP contribution in [0.1, 0.15) is 0 Å². The predicted molar refractivity (Wildman–Crippen MR) is 15.0 cm³/mol. The maximum atomic E-state index is 8.28. The molecular weight excluding hydrogens is 106 g/mol. The molecule has 0 saturated heterocycles. The van der Waals surface area contributed by atoms with Crippen LogP contribution in [0.5, 0.6) is 0 Å². The summed E-state index contributed by atoms with van der Waals surface area (Å²) in [6, 6.07) is 0. The molecule has 0 atom stereocenters. The van der Waals surface area contributed by atoms with Crippen LogP contribution in [0.3, 0.4) is 0 Å². The van der Waals surface area contributed by atoms with Crippen molar-refractivity contribution in [1.82, 2.24) is 0 Å². The summed E-state index contributed by atoms with van der Waals surface area (Å²) in [5, 5.41) is 0. The first-order chi connectivity index (χ1) is 1.00. The molecule has 0 aromatic rings. The predicted octanol–water partition coefficient (Wildman–Crippen LogP) is -7.41. The smallest absolute Gasteiger partial charge is 1.00 e.